The molecule has 0 atom stereocenters. The molecule has 1 amide bonds. The van der Waals surface area contributed by atoms with E-state index in [-0.39, 0.29) is 5.91 Å². The Hall–Kier alpha value is -1.53. The van der Waals surface area contributed by atoms with Gasteiger partial charge in [-0.1, -0.05) is 35.5 Å². The average molecular weight is 377 g/mol. The van der Waals surface area contributed by atoms with Crippen molar-refractivity contribution in [3.63, 3.8) is 0 Å². The van der Waals surface area contributed by atoms with E-state index in [1.807, 2.05) is 24.3 Å². The van der Waals surface area contributed by atoms with Crippen LogP contribution in [0.1, 0.15) is 49.0 Å². The molecule has 2 aromatic rings. The van der Waals surface area contributed by atoms with Gasteiger partial charge in [0.2, 0.25) is 5.91 Å². The Bertz CT molecular complexity index is 770. The largest absolute Gasteiger partial charge is 0.355 e. The fourth-order valence-corrected chi connectivity index (χ4v) is 3.96. The summed E-state index contributed by atoms with van der Waals surface area (Å²) in [6.07, 6.45) is 5.63. The number of nitrogens with zero attached hydrogens (tertiary/aromatic N) is 3. The number of thioether (sulfide) groups is 1. The molecule has 0 radical (unpaired) electrons. The van der Waals surface area contributed by atoms with Gasteiger partial charge in [-0.15, -0.1) is 10.2 Å². The molecule has 132 valence electrons. The monoisotopic (exact) mass is 376 g/mol. The number of halogens is 1. The summed E-state index contributed by atoms with van der Waals surface area (Å²) in [5, 5.41) is 13.3. The molecule has 2 fully saturated rings. The van der Waals surface area contributed by atoms with Crippen molar-refractivity contribution in [3.8, 4) is 0 Å². The summed E-state index contributed by atoms with van der Waals surface area (Å²) in [6.45, 7) is 0.613. The predicted molar refractivity (Wildman–Crippen MR) is 99.2 cm³/mol. The zero-order valence-electron chi connectivity index (χ0n) is 13.9. The summed E-state index contributed by atoms with van der Waals surface area (Å²) in [5.74, 6) is 2.14. The van der Waals surface area contributed by atoms with Gasteiger partial charge in [0.25, 0.3) is 0 Å². The van der Waals surface area contributed by atoms with Crippen LogP contribution in [0, 0.1) is 0 Å². The minimum Gasteiger partial charge on any atom is -0.355 e. The Kier molecular flexibility index (Phi) is 4.99. The van der Waals surface area contributed by atoms with E-state index in [0.29, 0.717) is 24.3 Å². The van der Waals surface area contributed by atoms with Crippen LogP contribution < -0.4 is 5.32 Å². The number of carbonyl (C=O) groups excluding carboxylic acids is 1. The van der Waals surface area contributed by atoms with E-state index in [0.717, 1.165) is 28.0 Å². The molecule has 0 unspecified atom stereocenters. The lowest BCUT2D eigenvalue weighted by Gasteiger charge is -2.08. The van der Waals surface area contributed by atoms with Crippen LogP contribution in [0.4, 0.5) is 0 Å². The fourth-order valence-electron chi connectivity index (χ4n) is 2.90. The molecule has 1 aromatic carbocycles. The van der Waals surface area contributed by atoms with Crippen LogP contribution in [0.3, 0.4) is 0 Å². The van der Waals surface area contributed by atoms with Gasteiger partial charge in [0.1, 0.15) is 5.82 Å². The van der Waals surface area contributed by atoms with E-state index in [1.165, 1.54) is 37.4 Å². The molecular formula is C18H21ClN4OS. The average Bonchev–Trinajstić information content (AvgIpc) is 3.52. The van der Waals surface area contributed by atoms with Gasteiger partial charge in [-0.2, -0.15) is 0 Å². The van der Waals surface area contributed by atoms with Gasteiger partial charge in [-0.25, -0.2) is 0 Å². The second-order valence-corrected chi connectivity index (χ2v) is 8.11. The molecule has 5 nitrogen and oxygen atoms in total. The van der Waals surface area contributed by atoms with Crippen molar-refractivity contribution in [2.45, 2.75) is 49.2 Å². The number of amides is 1. The Morgan fingerprint density at radius 2 is 2.12 bits per heavy atom. The first-order chi connectivity index (χ1) is 12.2. The molecule has 1 aromatic heterocycles. The highest BCUT2D eigenvalue weighted by Gasteiger charge is 2.36. The molecule has 0 spiro atoms. The van der Waals surface area contributed by atoms with Gasteiger partial charge < -0.3 is 9.88 Å². The molecule has 2 aliphatic rings. The summed E-state index contributed by atoms with van der Waals surface area (Å²) in [7, 11) is 0. The Morgan fingerprint density at radius 1 is 1.28 bits per heavy atom. The van der Waals surface area contributed by atoms with Crippen LogP contribution in [0.25, 0.3) is 0 Å². The van der Waals surface area contributed by atoms with Gasteiger partial charge in [-0.05, 0) is 49.8 Å². The molecule has 4 rings (SSSR count). The third kappa shape index (κ3) is 4.36. The van der Waals surface area contributed by atoms with E-state index >= 15 is 0 Å². The maximum atomic E-state index is 12.1. The second kappa shape index (κ2) is 7.38. The van der Waals surface area contributed by atoms with Crippen LogP contribution in [0.15, 0.2) is 29.4 Å². The van der Waals surface area contributed by atoms with Crippen molar-refractivity contribution in [2.75, 3.05) is 12.3 Å². The minimum absolute atomic E-state index is 0.0327. The topological polar surface area (TPSA) is 59.8 Å². The molecule has 25 heavy (non-hydrogen) atoms. The van der Waals surface area contributed by atoms with E-state index in [9.17, 15) is 4.79 Å². The van der Waals surface area contributed by atoms with Crippen LogP contribution in [-0.4, -0.2) is 33.0 Å². The van der Waals surface area contributed by atoms with Crippen LogP contribution >= 0.6 is 23.4 Å². The zero-order chi connectivity index (χ0) is 17.2. The predicted octanol–water partition coefficient (Wildman–Crippen LogP) is 3.59. The third-order valence-electron chi connectivity index (χ3n) is 4.50. The van der Waals surface area contributed by atoms with E-state index in [1.54, 1.807) is 0 Å². The first-order valence-corrected chi connectivity index (χ1v) is 10.2. The first-order valence-electron chi connectivity index (χ1n) is 8.79. The van der Waals surface area contributed by atoms with Crippen molar-refractivity contribution in [1.29, 1.82) is 0 Å². The summed E-state index contributed by atoms with van der Waals surface area (Å²) in [6, 6.07) is 8.28. The minimum atomic E-state index is 0.0327. The molecule has 2 saturated carbocycles. The third-order valence-corrected chi connectivity index (χ3v) is 5.68. The van der Waals surface area contributed by atoms with Crippen LogP contribution in [0.5, 0.6) is 0 Å². The van der Waals surface area contributed by atoms with Crippen molar-refractivity contribution in [2.24, 2.45) is 0 Å². The number of hydrogen-bond donors (Lipinski definition) is 1. The Morgan fingerprint density at radius 3 is 2.84 bits per heavy atom. The standard InChI is InChI=1S/C18H21ClN4OS/c19-14-3-1-2-12(10-14)8-9-20-16(24)11-25-18-22-21-17(13-4-5-13)23(18)15-6-7-15/h1-3,10,13,15H,4-9,11H2,(H,20,24). The van der Waals surface area contributed by atoms with E-state index in [4.69, 9.17) is 11.6 Å². The summed E-state index contributed by atoms with van der Waals surface area (Å²) in [5.41, 5.74) is 1.13. The van der Waals surface area contributed by atoms with Gasteiger partial charge in [-0.3, -0.25) is 4.79 Å². The molecule has 7 heteroatoms. The second-order valence-electron chi connectivity index (χ2n) is 6.73. The summed E-state index contributed by atoms with van der Waals surface area (Å²) < 4.78 is 2.28. The molecule has 0 bridgehead atoms. The molecular weight excluding hydrogens is 356 g/mol. The lowest BCUT2D eigenvalue weighted by atomic mass is 10.1. The lowest BCUT2D eigenvalue weighted by Crippen LogP contribution is -2.27. The highest BCUT2D eigenvalue weighted by Crippen LogP contribution is 2.45. The first kappa shape index (κ1) is 16.9. The highest BCUT2D eigenvalue weighted by molar-refractivity contribution is 7.99. The molecule has 1 heterocycles. The van der Waals surface area contributed by atoms with Gasteiger partial charge in [0.05, 0.1) is 5.75 Å². The Labute approximate surface area is 156 Å². The van der Waals surface area contributed by atoms with Crippen molar-refractivity contribution in [3.05, 3.63) is 40.7 Å². The van der Waals surface area contributed by atoms with Gasteiger partial charge >= 0.3 is 0 Å². The maximum absolute atomic E-state index is 12.1. The van der Waals surface area contributed by atoms with Crippen LogP contribution in [-0.2, 0) is 11.2 Å². The summed E-state index contributed by atoms with van der Waals surface area (Å²) in [4.78, 5) is 12.1. The van der Waals surface area contributed by atoms with Crippen molar-refractivity contribution < 1.29 is 4.79 Å². The number of nitrogens with one attached hydrogen (secondary N) is 1. The zero-order valence-corrected chi connectivity index (χ0v) is 15.5. The number of aromatic nitrogens is 3. The lowest BCUT2D eigenvalue weighted by molar-refractivity contribution is -0.118. The smallest absolute Gasteiger partial charge is 0.230 e. The Balaban J connectivity index is 1.26. The van der Waals surface area contributed by atoms with E-state index in [2.05, 4.69) is 20.1 Å². The highest BCUT2D eigenvalue weighted by atomic mass is 35.5. The SMILES string of the molecule is O=C(CSc1nnc(C2CC2)n1C1CC1)NCCc1cccc(Cl)c1. The van der Waals surface area contributed by atoms with Gasteiger partial charge in [0, 0.05) is 23.5 Å². The number of benzene rings is 1. The normalized spacial score (nSPS) is 16.8. The fraction of sp³-hybridized carbons (Fsp3) is 0.500. The number of carbonyl (C=O) groups is 1. The molecule has 0 saturated heterocycles. The van der Waals surface area contributed by atoms with E-state index < -0.39 is 0 Å². The van der Waals surface area contributed by atoms with Gasteiger partial charge in [0.15, 0.2) is 5.16 Å². The number of hydrogen-bond acceptors (Lipinski definition) is 4. The maximum Gasteiger partial charge on any atom is 0.230 e. The summed E-state index contributed by atoms with van der Waals surface area (Å²) >= 11 is 7.47. The van der Waals surface area contributed by atoms with Crippen LogP contribution in [0.2, 0.25) is 5.02 Å². The quantitative estimate of drug-likeness (QED) is 0.715. The molecule has 2 aliphatic carbocycles. The molecule has 0 aliphatic heterocycles. The van der Waals surface area contributed by atoms with Crippen molar-refractivity contribution in [1.82, 2.24) is 20.1 Å². The molecule has 1 N–H and O–H groups in total. The number of rotatable bonds is 8. The van der Waals surface area contributed by atoms with Crippen molar-refractivity contribution >= 4 is 29.3 Å².